The number of carbonyl (C=O) groups is 2. The molecular formula is C31H26F5N5O2. The number of fused-ring (bicyclic) bond motifs is 1. The number of anilines is 1. The molecule has 0 atom stereocenters. The van der Waals surface area contributed by atoms with Crippen molar-refractivity contribution in [3.8, 4) is 11.8 Å². The van der Waals surface area contributed by atoms with E-state index < -0.39 is 29.8 Å². The molecule has 0 aliphatic carbocycles. The molecule has 2 aromatic carbocycles. The molecule has 0 spiro atoms. The first-order valence-electron chi connectivity index (χ1n) is 13.3. The van der Waals surface area contributed by atoms with Gasteiger partial charge in [-0.25, -0.2) is 13.8 Å². The Kier molecular flexibility index (Phi) is 8.19. The zero-order chi connectivity index (χ0) is 30.9. The largest absolute Gasteiger partial charge is 0.416 e. The molecule has 7 nitrogen and oxygen atoms in total. The van der Waals surface area contributed by atoms with Crippen LogP contribution in [0.4, 0.5) is 27.6 Å². The molecule has 0 saturated carbocycles. The third-order valence-corrected chi connectivity index (χ3v) is 7.18. The average molecular weight is 596 g/mol. The van der Waals surface area contributed by atoms with Crippen molar-refractivity contribution in [3.63, 3.8) is 0 Å². The molecule has 222 valence electrons. The lowest BCUT2D eigenvalue weighted by Gasteiger charge is -2.32. The van der Waals surface area contributed by atoms with E-state index in [1.165, 1.54) is 33.6 Å². The summed E-state index contributed by atoms with van der Waals surface area (Å²) in [6, 6.07) is 13.0. The molecule has 0 radical (unpaired) electrons. The second-order valence-electron chi connectivity index (χ2n) is 10.2. The molecule has 43 heavy (non-hydrogen) atoms. The molecule has 12 heteroatoms. The fraction of sp³-hybridized carbons (Fsp3) is 0.258. The van der Waals surface area contributed by atoms with Gasteiger partial charge in [-0.15, -0.1) is 0 Å². The zero-order valence-corrected chi connectivity index (χ0v) is 23.2. The number of imidazole rings is 1. The highest BCUT2D eigenvalue weighted by molar-refractivity contribution is 6.04. The number of aryl methyl sites for hydroxylation is 1. The van der Waals surface area contributed by atoms with E-state index in [0.717, 1.165) is 6.07 Å². The molecular weight excluding hydrogens is 569 g/mol. The first-order valence-corrected chi connectivity index (χ1v) is 13.3. The number of benzene rings is 2. The van der Waals surface area contributed by atoms with Crippen LogP contribution in [-0.2, 0) is 17.5 Å². The number of hydrogen-bond acceptors (Lipinski definition) is 4. The summed E-state index contributed by atoms with van der Waals surface area (Å²) in [5, 5.41) is 2.50. The first-order chi connectivity index (χ1) is 20.4. The minimum Gasteiger partial charge on any atom is -0.343 e. The quantitative estimate of drug-likeness (QED) is 0.244. The number of rotatable bonds is 5. The van der Waals surface area contributed by atoms with Gasteiger partial charge in [-0.2, -0.15) is 13.2 Å². The van der Waals surface area contributed by atoms with Crippen LogP contribution in [0.2, 0.25) is 0 Å². The molecule has 0 unspecified atom stereocenters. The van der Waals surface area contributed by atoms with Crippen molar-refractivity contribution in [2.75, 3.05) is 32.0 Å². The van der Waals surface area contributed by atoms with Crippen LogP contribution in [0.5, 0.6) is 0 Å². The van der Waals surface area contributed by atoms with E-state index in [-0.39, 0.29) is 41.5 Å². The summed E-state index contributed by atoms with van der Waals surface area (Å²) in [6.07, 6.45) is -5.96. The van der Waals surface area contributed by atoms with Gasteiger partial charge in [0.25, 0.3) is 12.3 Å². The molecule has 1 aliphatic rings. The monoisotopic (exact) mass is 595 g/mol. The van der Waals surface area contributed by atoms with Crippen LogP contribution in [0.15, 0.2) is 60.8 Å². The average Bonchev–Trinajstić information content (AvgIpc) is 3.34. The third kappa shape index (κ3) is 6.52. The highest BCUT2D eigenvalue weighted by atomic mass is 19.4. The van der Waals surface area contributed by atoms with E-state index in [9.17, 15) is 31.5 Å². The number of halogens is 5. The van der Waals surface area contributed by atoms with Gasteiger partial charge in [-0.1, -0.05) is 24.1 Å². The predicted octanol–water partition coefficient (Wildman–Crippen LogP) is 5.53. The van der Waals surface area contributed by atoms with Gasteiger partial charge in [0.2, 0.25) is 5.91 Å². The SMILES string of the molecule is Cc1ccc(C(=O)Nc2ccc(CN3CCN(C)C(=O)C3)c(C(F)(F)F)c2)cc1C#Cc1c(C(F)F)nc2ccccn12. The Morgan fingerprint density at radius 3 is 2.58 bits per heavy atom. The summed E-state index contributed by atoms with van der Waals surface area (Å²) >= 11 is 0. The van der Waals surface area contributed by atoms with Crippen LogP contribution in [0.25, 0.3) is 5.65 Å². The Hall–Kier alpha value is -4.76. The van der Waals surface area contributed by atoms with Crippen molar-refractivity contribution >= 4 is 23.1 Å². The van der Waals surface area contributed by atoms with E-state index in [0.29, 0.717) is 29.9 Å². The molecule has 1 saturated heterocycles. The summed E-state index contributed by atoms with van der Waals surface area (Å²) in [5.74, 6) is 4.75. The van der Waals surface area contributed by atoms with Gasteiger partial charge in [0, 0.05) is 49.7 Å². The molecule has 1 aliphatic heterocycles. The fourth-order valence-corrected chi connectivity index (χ4v) is 4.76. The number of pyridine rings is 1. The van der Waals surface area contributed by atoms with E-state index >= 15 is 0 Å². The van der Waals surface area contributed by atoms with Crippen molar-refractivity contribution in [3.05, 3.63) is 100.0 Å². The first kappa shape index (κ1) is 29.7. The number of nitrogens with zero attached hydrogens (tertiary/aromatic N) is 4. The standard InChI is InChI=1S/C31H26F5N5O2/c1-19-6-7-21(15-20(19)9-11-25-28(29(32)33)38-26-5-3-4-12-41(25)26)30(43)37-23-10-8-22(24(16-23)31(34,35)36)17-40-14-13-39(2)27(42)18-40/h3-8,10,12,15-16,29H,13-14,17-18H2,1-2H3,(H,37,43). The number of amides is 2. The zero-order valence-electron chi connectivity index (χ0n) is 23.2. The maximum atomic E-state index is 14.0. The Balaban J connectivity index is 1.39. The van der Waals surface area contributed by atoms with Gasteiger partial charge < -0.3 is 10.2 Å². The van der Waals surface area contributed by atoms with Gasteiger partial charge in [-0.3, -0.25) is 18.9 Å². The van der Waals surface area contributed by atoms with E-state index in [4.69, 9.17) is 0 Å². The molecule has 0 bridgehead atoms. The maximum absolute atomic E-state index is 14.0. The summed E-state index contributed by atoms with van der Waals surface area (Å²) in [5.41, 5.74) is 0.0598. The topological polar surface area (TPSA) is 70.0 Å². The molecule has 2 amide bonds. The normalized spacial score (nSPS) is 14.2. The van der Waals surface area contributed by atoms with E-state index in [1.54, 1.807) is 49.3 Å². The molecule has 4 aromatic rings. The maximum Gasteiger partial charge on any atom is 0.416 e. The summed E-state index contributed by atoms with van der Waals surface area (Å²) < 4.78 is 70.7. The molecule has 1 N–H and O–H groups in total. The van der Waals surface area contributed by atoms with E-state index in [2.05, 4.69) is 22.1 Å². The number of aromatic nitrogens is 2. The Labute approximate surface area is 243 Å². The second-order valence-corrected chi connectivity index (χ2v) is 10.2. The number of carbonyl (C=O) groups excluding carboxylic acids is 2. The van der Waals surface area contributed by atoms with Crippen LogP contribution in [0.3, 0.4) is 0 Å². The van der Waals surface area contributed by atoms with Gasteiger partial charge in [-0.05, 0) is 60.4 Å². The lowest BCUT2D eigenvalue weighted by atomic mass is 10.0. The molecule has 1 fully saturated rings. The molecule has 3 heterocycles. The van der Waals surface area contributed by atoms with Crippen LogP contribution < -0.4 is 5.32 Å². The fourth-order valence-electron chi connectivity index (χ4n) is 4.76. The second kappa shape index (κ2) is 11.9. The van der Waals surface area contributed by atoms with Gasteiger partial charge >= 0.3 is 6.18 Å². The smallest absolute Gasteiger partial charge is 0.343 e. The van der Waals surface area contributed by atoms with Gasteiger partial charge in [0.15, 0.2) is 0 Å². The van der Waals surface area contributed by atoms with Crippen LogP contribution in [0.1, 0.15) is 50.4 Å². The summed E-state index contributed by atoms with van der Waals surface area (Å²) in [7, 11) is 1.65. The minimum absolute atomic E-state index is 0.00805. The van der Waals surface area contributed by atoms with Crippen LogP contribution in [0, 0.1) is 18.8 Å². The Morgan fingerprint density at radius 1 is 1.07 bits per heavy atom. The minimum atomic E-state index is -4.69. The number of alkyl halides is 5. The van der Waals surface area contributed by atoms with Crippen LogP contribution >= 0.6 is 0 Å². The van der Waals surface area contributed by atoms with Gasteiger partial charge in [0.1, 0.15) is 17.0 Å². The lowest BCUT2D eigenvalue weighted by molar-refractivity contribution is -0.138. The number of nitrogens with one attached hydrogen (secondary N) is 1. The van der Waals surface area contributed by atoms with Crippen LogP contribution in [-0.4, -0.2) is 57.7 Å². The van der Waals surface area contributed by atoms with Gasteiger partial charge in [0.05, 0.1) is 12.1 Å². The number of hydrogen-bond donors (Lipinski definition) is 1. The van der Waals surface area contributed by atoms with Crippen molar-refractivity contribution < 1.29 is 31.5 Å². The van der Waals surface area contributed by atoms with Crippen molar-refractivity contribution in [1.82, 2.24) is 19.2 Å². The lowest BCUT2D eigenvalue weighted by Crippen LogP contribution is -2.48. The Morgan fingerprint density at radius 2 is 1.86 bits per heavy atom. The highest BCUT2D eigenvalue weighted by Crippen LogP contribution is 2.35. The van der Waals surface area contributed by atoms with E-state index in [1.807, 2.05) is 0 Å². The highest BCUT2D eigenvalue weighted by Gasteiger charge is 2.34. The molecule has 5 rings (SSSR count). The predicted molar refractivity (Wildman–Crippen MR) is 150 cm³/mol. The summed E-state index contributed by atoms with van der Waals surface area (Å²) in [6.45, 7) is 2.55. The number of likely N-dealkylation sites (N-methyl/N-ethyl adjacent to an activating group) is 1. The van der Waals surface area contributed by atoms with Crippen molar-refractivity contribution in [2.24, 2.45) is 0 Å². The summed E-state index contributed by atoms with van der Waals surface area (Å²) in [4.78, 5) is 32.2. The third-order valence-electron chi connectivity index (χ3n) is 7.18. The van der Waals surface area contributed by atoms with Crippen molar-refractivity contribution in [1.29, 1.82) is 0 Å². The Bertz CT molecular complexity index is 1770. The number of piperazine rings is 1. The molecule has 2 aromatic heterocycles. The van der Waals surface area contributed by atoms with Crippen molar-refractivity contribution in [2.45, 2.75) is 26.1 Å².